The van der Waals surface area contributed by atoms with E-state index < -0.39 is 5.60 Å². The van der Waals surface area contributed by atoms with Crippen LogP contribution in [0.4, 0.5) is 0 Å². The van der Waals surface area contributed by atoms with Gasteiger partial charge in [-0.3, -0.25) is 9.69 Å². The van der Waals surface area contributed by atoms with Crippen LogP contribution in [-0.2, 0) is 9.53 Å². The van der Waals surface area contributed by atoms with Crippen LogP contribution in [0, 0.1) is 5.92 Å². The van der Waals surface area contributed by atoms with Gasteiger partial charge >= 0.3 is 5.97 Å². The van der Waals surface area contributed by atoms with Gasteiger partial charge in [-0.1, -0.05) is 27.2 Å². The minimum Gasteiger partial charge on any atom is -0.459 e. The number of esters is 1. The Labute approximate surface area is 107 Å². The molecular formula is C14H29NO2. The normalized spacial score (nSPS) is 15.8. The molecule has 17 heavy (non-hydrogen) atoms. The summed E-state index contributed by atoms with van der Waals surface area (Å²) in [6.45, 7) is 16.0. The summed E-state index contributed by atoms with van der Waals surface area (Å²) in [6, 6.07) is -0.159. The second-order valence-corrected chi connectivity index (χ2v) is 5.81. The van der Waals surface area contributed by atoms with Gasteiger partial charge in [-0.15, -0.1) is 0 Å². The summed E-state index contributed by atoms with van der Waals surface area (Å²) in [7, 11) is 0. The number of rotatable bonds is 6. The SMILES string of the molecule is CCC(C)CN(CC)C(C)C(=O)OC(C)(C)C. The quantitative estimate of drug-likeness (QED) is 0.671. The predicted molar refractivity (Wildman–Crippen MR) is 72.0 cm³/mol. The van der Waals surface area contributed by atoms with E-state index in [4.69, 9.17) is 4.74 Å². The molecule has 3 nitrogen and oxygen atoms in total. The van der Waals surface area contributed by atoms with Crippen molar-refractivity contribution in [3.05, 3.63) is 0 Å². The molecule has 0 bridgehead atoms. The maximum absolute atomic E-state index is 12.0. The maximum Gasteiger partial charge on any atom is 0.323 e. The first-order valence-corrected chi connectivity index (χ1v) is 6.68. The Morgan fingerprint density at radius 2 is 1.76 bits per heavy atom. The van der Waals surface area contributed by atoms with Crippen molar-refractivity contribution >= 4 is 5.97 Å². The highest BCUT2D eigenvalue weighted by atomic mass is 16.6. The minimum absolute atomic E-state index is 0.123. The van der Waals surface area contributed by atoms with E-state index in [9.17, 15) is 4.79 Å². The van der Waals surface area contributed by atoms with Gasteiger partial charge in [0.2, 0.25) is 0 Å². The third-order valence-corrected chi connectivity index (χ3v) is 2.94. The van der Waals surface area contributed by atoms with E-state index in [0.29, 0.717) is 5.92 Å². The highest BCUT2D eigenvalue weighted by Gasteiger charge is 2.26. The smallest absolute Gasteiger partial charge is 0.323 e. The van der Waals surface area contributed by atoms with Gasteiger partial charge in [0.05, 0.1) is 0 Å². The molecule has 2 atom stereocenters. The van der Waals surface area contributed by atoms with Crippen LogP contribution in [0.15, 0.2) is 0 Å². The minimum atomic E-state index is -0.402. The lowest BCUT2D eigenvalue weighted by Gasteiger charge is -2.31. The third-order valence-electron chi connectivity index (χ3n) is 2.94. The molecule has 0 aliphatic heterocycles. The number of carbonyl (C=O) groups is 1. The van der Waals surface area contributed by atoms with Crippen molar-refractivity contribution in [2.24, 2.45) is 5.92 Å². The van der Waals surface area contributed by atoms with Crippen molar-refractivity contribution in [3.63, 3.8) is 0 Å². The van der Waals surface area contributed by atoms with Crippen molar-refractivity contribution in [1.29, 1.82) is 0 Å². The van der Waals surface area contributed by atoms with Crippen molar-refractivity contribution in [1.82, 2.24) is 4.90 Å². The molecule has 0 spiro atoms. The number of hydrogen-bond donors (Lipinski definition) is 0. The summed E-state index contributed by atoms with van der Waals surface area (Å²) in [5, 5.41) is 0. The van der Waals surface area contributed by atoms with Crippen LogP contribution in [0.3, 0.4) is 0 Å². The summed E-state index contributed by atoms with van der Waals surface area (Å²) in [6.07, 6.45) is 1.14. The number of likely N-dealkylation sites (N-methyl/N-ethyl adjacent to an activating group) is 1. The largest absolute Gasteiger partial charge is 0.459 e. The molecule has 0 heterocycles. The standard InChI is InChI=1S/C14H29NO2/c1-8-11(3)10-15(9-2)12(4)13(16)17-14(5,6)7/h11-12H,8-10H2,1-7H3. The van der Waals surface area contributed by atoms with E-state index >= 15 is 0 Å². The zero-order chi connectivity index (χ0) is 13.6. The summed E-state index contributed by atoms with van der Waals surface area (Å²) < 4.78 is 5.42. The average molecular weight is 243 g/mol. The molecule has 0 saturated heterocycles. The van der Waals surface area contributed by atoms with Gasteiger partial charge < -0.3 is 4.74 Å². The van der Waals surface area contributed by atoms with Gasteiger partial charge in [-0.25, -0.2) is 0 Å². The van der Waals surface area contributed by atoms with Crippen molar-refractivity contribution in [2.45, 2.75) is 66.5 Å². The first-order valence-electron chi connectivity index (χ1n) is 6.68. The van der Waals surface area contributed by atoms with Crippen molar-refractivity contribution in [3.8, 4) is 0 Å². The first kappa shape index (κ1) is 16.4. The predicted octanol–water partition coefficient (Wildman–Crippen LogP) is 3.08. The van der Waals surface area contributed by atoms with Gasteiger partial charge in [0, 0.05) is 6.54 Å². The van der Waals surface area contributed by atoms with E-state index in [1.54, 1.807) is 0 Å². The number of nitrogens with zero attached hydrogens (tertiary/aromatic N) is 1. The summed E-state index contributed by atoms with van der Waals surface area (Å²) in [5.74, 6) is 0.488. The Morgan fingerprint density at radius 3 is 2.12 bits per heavy atom. The highest BCUT2D eigenvalue weighted by molar-refractivity contribution is 5.75. The number of hydrogen-bond acceptors (Lipinski definition) is 3. The number of ether oxygens (including phenoxy) is 1. The van der Waals surface area contributed by atoms with Crippen LogP contribution in [0.25, 0.3) is 0 Å². The second kappa shape index (κ2) is 7.00. The average Bonchev–Trinajstić information content (AvgIpc) is 2.22. The van der Waals surface area contributed by atoms with Crippen LogP contribution in [0.5, 0.6) is 0 Å². The Balaban J connectivity index is 4.42. The van der Waals surface area contributed by atoms with Crippen LogP contribution in [0.2, 0.25) is 0 Å². The van der Waals surface area contributed by atoms with Crippen LogP contribution < -0.4 is 0 Å². The van der Waals surface area contributed by atoms with E-state index in [-0.39, 0.29) is 12.0 Å². The van der Waals surface area contributed by atoms with Gasteiger partial charge in [0.1, 0.15) is 11.6 Å². The molecule has 0 rings (SSSR count). The molecule has 0 aliphatic carbocycles. The summed E-state index contributed by atoms with van der Waals surface area (Å²) in [4.78, 5) is 14.1. The summed E-state index contributed by atoms with van der Waals surface area (Å²) in [5.41, 5.74) is -0.402. The Hall–Kier alpha value is -0.570. The Bertz CT molecular complexity index is 233. The number of carbonyl (C=O) groups excluding carboxylic acids is 1. The zero-order valence-corrected chi connectivity index (χ0v) is 12.5. The van der Waals surface area contributed by atoms with Gasteiger partial charge in [0.25, 0.3) is 0 Å². The molecule has 2 unspecified atom stereocenters. The highest BCUT2D eigenvalue weighted by Crippen LogP contribution is 2.13. The van der Waals surface area contributed by atoms with Crippen LogP contribution in [0.1, 0.15) is 54.9 Å². The zero-order valence-electron chi connectivity index (χ0n) is 12.5. The van der Waals surface area contributed by atoms with Gasteiger partial charge in [-0.2, -0.15) is 0 Å². The van der Waals surface area contributed by atoms with Gasteiger partial charge in [0.15, 0.2) is 0 Å². The molecule has 0 amide bonds. The molecular weight excluding hydrogens is 214 g/mol. The van der Waals surface area contributed by atoms with E-state index in [1.165, 1.54) is 0 Å². The lowest BCUT2D eigenvalue weighted by molar-refractivity contribution is -0.160. The Morgan fingerprint density at radius 1 is 1.24 bits per heavy atom. The topological polar surface area (TPSA) is 29.5 Å². The molecule has 0 aromatic rings. The lowest BCUT2D eigenvalue weighted by Crippen LogP contribution is -2.44. The lowest BCUT2D eigenvalue weighted by atomic mass is 10.1. The van der Waals surface area contributed by atoms with E-state index in [2.05, 4.69) is 25.7 Å². The van der Waals surface area contributed by atoms with Crippen molar-refractivity contribution in [2.75, 3.05) is 13.1 Å². The molecule has 0 saturated carbocycles. The third kappa shape index (κ3) is 6.67. The van der Waals surface area contributed by atoms with E-state index in [0.717, 1.165) is 19.5 Å². The second-order valence-electron chi connectivity index (χ2n) is 5.81. The van der Waals surface area contributed by atoms with E-state index in [1.807, 2.05) is 27.7 Å². The maximum atomic E-state index is 12.0. The van der Waals surface area contributed by atoms with Crippen LogP contribution >= 0.6 is 0 Å². The van der Waals surface area contributed by atoms with Gasteiger partial charge in [-0.05, 0) is 40.2 Å². The molecule has 0 N–H and O–H groups in total. The molecule has 3 heteroatoms. The first-order chi connectivity index (χ1) is 7.71. The monoisotopic (exact) mass is 243 g/mol. The molecule has 0 fully saturated rings. The van der Waals surface area contributed by atoms with Crippen LogP contribution in [-0.4, -0.2) is 35.6 Å². The fourth-order valence-corrected chi connectivity index (χ4v) is 1.63. The fraction of sp³-hybridized carbons (Fsp3) is 0.929. The van der Waals surface area contributed by atoms with Crippen molar-refractivity contribution < 1.29 is 9.53 Å². The fourth-order valence-electron chi connectivity index (χ4n) is 1.63. The molecule has 0 aromatic carbocycles. The molecule has 102 valence electrons. The molecule has 0 radical (unpaired) electrons. The summed E-state index contributed by atoms with van der Waals surface area (Å²) >= 11 is 0. The Kier molecular flexibility index (Phi) is 6.76. The molecule has 0 aliphatic rings. The molecule has 0 aromatic heterocycles.